The molecule has 0 saturated carbocycles. The fraction of sp³-hybridized carbons (Fsp3) is 0.550. The second-order valence-corrected chi connectivity index (χ2v) is 9.55. The van der Waals surface area contributed by atoms with Crippen molar-refractivity contribution in [2.75, 3.05) is 26.3 Å². The standard InChI is InChI=1S/C20H29N2O4P/c1-6-22(7-2)27(23,25-14-16-13-24-20(4,5)26-16)19-12-15(3)21-18-11-9-8-10-17(18)19/h8-12,16H,6-7,13-14H2,1-5H3. The van der Waals surface area contributed by atoms with E-state index < -0.39 is 13.3 Å². The van der Waals surface area contributed by atoms with Gasteiger partial charge in [0.1, 0.15) is 6.10 Å². The molecule has 2 aromatic rings. The lowest BCUT2D eigenvalue weighted by Crippen LogP contribution is -2.31. The smallest absolute Gasteiger partial charge is 0.303 e. The molecule has 1 aromatic heterocycles. The molecule has 0 aliphatic carbocycles. The minimum Gasteiger partial charge on any atom is -0.348 e. The molecule has 2 unspecified atom stereocenters. The second kappa shape index (κ2) is 7.98. The molecular weight excluding hydrogens is 363 g/mol. The van der Waals surface area contributed by atoms with Crippen molar-refractivity contribution in [3.05, 3.63) is 36.0 Å². The van der Waals surface area contributed by atoms with Crippen LogP contribution >= 0.6 is 7.52 Å². The number of aromatic nitrogens is 1. The number of para-hydroxylation sites is 1. The Kier molecular flexibility index (Phi) is 6.04. The largest absolute Gasteiger partial charge is 0.348 e. The lowest BCUT2D eigenvalue weighted by molar-refractivity contribution is -0.141. The van der Waals surface area contributed by atoms with Gasteiger partial charge in [0.25, 0.3) is 0 Å². The summed E-state index contributed by atoms with van der Waals surface area (Å²) in [6.07, 6.45) is -0.238. The van der Waals surface area contributed by atoms with Crippen LogP contribution in [0, 0.1) is 6.92 Å². The third-order valence-corrected chi connectivity index (χ3v) is 7.52. The van der Waals surface area contributed by atoms with Crippen LogP contribution in [0.4, 0.5) is 0 Å². The summed E-state index contributed by atoms with van der Waals surface area (Å²) in [6, 6.07) is 9.65. The van der Waals surface area contributed by atoms with E-state index in [9.17, 15) is 4.57 Å². The van der Waals surface area contributed by atoms with Gasteiger partial charge in [-0.1, -0.05) is 32.0 Å². The predicted octanol–water partition coefficient (Wildman–Crippen LogP) is 3.87. The van der Waals surface area contributed by atoms with Crippen LogP contribution in [0.15, 0.2) is 30.3 Å². The summed E-state index contributed by atoms with van der Waals surface area (Å²) < 4.78 is 33.7. The summed E-state index contributed by atoms with van der Waals surface area (Å²) in [5.74, 6) is -0.632. The fourth-order valence-corrected chi connectivity index (χ4v) is 6.01. The Hall–Kier alpha value is -1.30. The Labute approximate surface area is 161 Å². The fourth-order valence-electron chi connectivity index (χ4n) is 3.45. The SMILES string of the molecule is CCN(CC)P(=O)(OCC1COC(C)(C)O1)c1cc(C)nc2ccccc12. The van der Waals surface area contributed by atoms with Gasteiger partial charge in [-0.3, -0.25) is 9.55 Å². The number of fused-ring (bicyclic) bond motifs is 1. The van der Waals surface area contributed by atoms with E-state index in [0.29, 0.717) is 25.0 Å². The summed E-state index contributed by atoms with van der Waals surface area (Å²) in [4.78, 5) is 4.58. The van der Waals surface area contributed by atoms with Gasteiger partial charge in [-0.25, -0.2) is 4.67 Å². The number of rotatable bonds is 7. The Balaban J connectivity index is 2.00. The van der Waals surface area contributed by atoms with Crippen molar-refractivity contribution in [2.24, 2.45) is 0 Å². The van der Waals surface area contributed by atoms with Crippen molar-refractivity contribution in [2.45, 2.75) is 46.5 Å². The molecule has 148 valence electrons. The topological polar surface area (TPSA) is 60.9 Å². The molecule has 27 heavy (non-hydrogen) atoms. The lowest BCUT2D eigenvalue weighted by atomic mass is 10.2. The van der Waals surface area contributed by atoms with Crippen LogP contribution in [0.5, 0.6) is 0 Å². The van der Waals surface area contributed by atoms with E-state index in [2.05, 4.69) is 4.98 Å². The van der Waals surface area contributed by atoms with Crippen LogP contribution in [-0.4, -0.2) is 47.8 Å². The third kappa shape index (κ3) is 4.25. The van der Waals surface area contributed by atoms with Crippen molar-refractivity contribution in [1.29, 1.82) is 0 Å². The van der Waals surface area contributed by atoms with Gasteiger partial charge in [-0.2, -0.15) is 0 Å². The molecule has 2 heterocycles. The van der Waals surface area contributed by atoms with Crippen LogP contribution in [-0.2, 0) is 18.6 Å². The Morgan fingerprint density at radius 2 is 2.00 bits per heavy atom. The molecule has 3 rings (SSSR count). The Morgan fingerprint density at radius 3 is 2.63 bits per heavy atom. The van der Waals surface area contributed by atoms with Crippen LogP contribution in [0.3, 0.4) is 0 Å². The zero-order chi connectivity index (χ0) is 19.7. The molecular formula is C20H29N2O4P. The first kappa shape index (κ1) is 20.4. The maximum Gasteiger partial charge on any atom is 0.303 e. The van der Waals surface area contributed by atoms with Crippen LogP contribution in [0.2, 0.25) is 0 Å². The van der Waals surface area contributed by atoms with Gasteiger partial charge in [0.05, 0.1) is 24.0 Å². The molecule has 0 bridgehead atoms. The normalized spacial score (nSPS) is 21.6. The highest BCUT2D eigenvalue weighted by Crippen LogP contribution is 2.51. The number of hydrogen-bond acceptors (Lipinski definition) is 5. The van der Waals surface area contributed by atoms with Gasteiger partial charge >= 0.3 is 7.52 Å². The predicted molar refractivity (Wildman–Crippen MR) is 107 cm³/mol. The molecule has 0 N–H and O–H groups in total. The minimum atomic E-state index is -3.29. The first-order chi connectivity index (χ1) is 12.8. The molecule has 0 radical (unpaired) electrons. The third-order valence-electron chi connectivity index (χ3n) is 4.73. The van der Waals surface area contributed by atoms with E-state index >= 15 is 0 Å². The highest BCUT2D eigenvalue weighted by atomic mass is 31.2. The van der Waals surface area contributed by atoms with Crippen molar-refractivity contribution >= 4 is 23.7 Å². The van der Waals surface area contributed by atoms with Gasteiger partial charge in [-0.15, -0.1) is 0 Å². The summed E-state index contributed by atoms with van der Waals surface area (Å²) >= 11 is 0. The van der Waals surface area contributed by atoms with E-state index in [0.717, 1.165) is 16.6 Å². The van der Waals surface area contributed by atoms with Crippen molar-refractivity contribution in [1.82, 2.24) is 9.65 Å². The molecule has 2 atom stereocenters. The van der Waals surface area contributed by atoms with Crippen LogP contribution < -0.4 is 5.30 Å². The number of benzene rings is 1. The quantitative estimate of drug-likeness (QED) is 0.667. The molecule has 1 saturated heterocycles. The highest BCUT2D eigenvalue weighted by Gasteiger charge is 2.38. The van der Waals surface area contributed by atoms with E-state index in [1.807, 2.05) is 69.6 Å². The zero-order valence-electron chi connectivity index (χ0n) is 16.8. The van der Waals surface area contributed by atoms with Gasteiger partial charge in [0.15, 0.2) is 5.79 Å². The molecule has 1 aromatic carbocycles. The summed E-state index contributed by atoms with van der Waals surface area (Å²) in [6.45, 7) is 11.5. The van der Waals surface area contributed by atoms with E-state index in [4.69, 9.17) is 14.0 Å². The van der Waals surface area contributed by atoms with Gasteiger partial charge in [-0.05, 0) is 32.9 Å². The molecule has 7 heteroatoms. The van der Waals surface area contributed by atoms with Crippen molar-refractivity contribution in [3.8, 4) is 0 Å². The van der Waals surface area contributed by atoms with Crippen LogP contribution in [0.1, 0.15) is 33.4 Å². The van der Waals surface area contributed by atoms with Crippen molar-refractivity contribution in [3.63, 3.8) is 0 Å². The molecule has 1 aliphatic heterocycles. The first-order valence-electron chi connectivity index (χ1n) is 9.48. The number of ether oxygens (including phenoxy) is 2. The summed E-state index contributed by atoms with van der Waals surface area (Å²) in [5.41, 5.74) is 1.64. The second-order valence-electron chi connectivity index (χ2n) is 7.21. The monoisotopic (exact) mass is 392 g/mol. The van der Waals surface area contributed by atoms with Crippen molar-refractivity contribution < 1.29 is 18.6 Å². The molecule has 1 aliphatic rings. The molecule has 0 spiro atoms. The number of aryl methyl sites for hydroxylation is 1. The Bertz CT molecular complexity index is 851. The zero-order valence-corrected chi connectivity index (χ0v) is 17.7. The molecule has 0 amide bonds. The van der Waals surface area contributed by atoms with Gasteiger partial charge in [0, 0.05) is 24.2 Å². The first-order valence-corrected chi connectivity index (χ1v) is 11.1. The number of pyridine rings is 1. The van der Waals surface area contributed by atoms with E-state index in [-0.39, 0.29) is 12.7 Å². The van der Waals surface area contributed by atoms with Gasteiger partial charge < -0.3 is 14.0 Å². The van der Waals surface area contributed by atoms with E-state index in [1.54, 1.807) is 0 Å². The highest BCUT2D eigenvalue weighted by molar-refractivity contribution is 7.65. The van der Waals surface area contributed by atoms with Gasteiger partial charge in [0.2, 0.25) is 0 Å². The number of nitrogens with zero attached hydrogens (tertiary/aromatic N) is 2. The van der Waals surface area contributed by atoms with Crippen LogP contribution in [0.25, 0.3) is 10.9 Å². The lowest BCUT2D eigenvalue weighted by Gasteiger charge is -2.31. The molecule has 6 nitrogen and oxygen atoms in total. The minimum absolute atomic E-state index is 0.215. The number of hydrogen-bond donors (Lipinski definition) is 0. The maximum absolute atomic E-state index is 14.2. The average Bonchev–Trinajstić information content (AvgIpc) is 2.99. The summed E-state index contributed by atoms with van der Waals surface area (Å²) in [7, 11) is -3.29. The Morgan fingerprint density at radius 1 is 1.30 bits per heavy atom. The van der Waals surface area contributed by atoms with E-state index in [1.165, 1.54) is 0 Å². The summed E-state index contributed by atoms with van der Waals surface area (Å²) in [5, 5.41) is 1.56. The average molecular weight is 392 g/mol. The maximum atomic E-state index is 14.2. The molecule has 1 fully saturated rings.